The Morgan fingerprint density at radius 1 is 1.13 bits per heavy atom. The molecule has 1 N–H and O–H groups in total. The first-order chi connectivity index (χ1) is 11.2. The topological polar surface area (TPSA) is 29.9 Å². The lowest BCUT2D eigenvalue weighted by atomic mass is 10.2. The second-order valence-corrected chi connectivity index (χ2v) is 6.87. The van der Waals surface area contributed by atoms with Crippen LogP contribution in [0.2, 0.25) is 10.0 Å². The fraction of sp³-hybridized carbons (Fsp3) is 0.278. The van der Waals surface area contributed by atoms with Crippen LogP contribution in [0.4, 0.5) is 11.5 Å². The molecule has 118 valence electrons. The van der Waals surface area contributed by atoms with Crippen LogP contribution in [-0.4, -0.2) is 9.55 Å². The summed E-state index contributed by atoms with van der Waals surface area (Å²) < 4.78 is 2.30. The number of halogens is 2. The first kappa shape index (κ1) is 14.9. The normalized spacial score (nSPS) is 14.3. The van der Waals surface area contributed by atoms with E-state index in [-0.39, 0.29) is 0 Å². The van der Waals surface area contributed by atoms with Crippen LogP contribution in [0.5, 0.6) is 0 Å². The van der Waals surface area contributed by atoms with Crippen LogP contribution in [0.15, 0.2) is 42.7 Å². The minimum Gasteiger partial charge on any atom is -0.347 e. The van der Waals surface area contributed by atoms with Gasteiger partial charge in [0.1, 0.15) is 5.82 Å². The number of hydrogen-bond donors (Lipinski definition) is 1. The number of rotatable bonds is 5. The van der Waals surface area contributed by atoms with Crippen LogP contribution in [0, 0.1) is 5.92 Å². The van der Waals surface area contributed by atoms with Crippen LogP contribution < -0.4 is 5.32 Å². The van der Waals surface area contributed by atoms with Gasteiger partial charge < -0.3 is 9.88 Å². The molecule has 1 aromatic carbocycles. The van der Waals surface area contributed by atoms with E-state index in [9.17, 15) is 0 Å². The fourth-order valence-electron chi connectivity index (χ4n) is 2.88. The van der Waals surface area contributed by atoms with Crippen molar-refractivity contribution in [1.82, 2.24) is 9.55 Å². The number of fused-ring (bicyclic) bond motifs is 1. The molecule has 0 atom stereocenters. The highest BCUT2D eigenvalue weighted by atomic mass is 35.5. The molecular weight excluding hydrogens is 329 g/mol. The van der Waals surface area contributed by atoms with E-state index in [1.807, 2.05) is 24.4 Å². The van der Waals surface area contributed by atoms with E-state index in [2.05, 4.69) is 33.2 Å². The zero-order valence-electron chi connectivity index (χ0n) is 12.6. The zero-order valence-corrected chi connectivity index (χ0v) is 14.1. The molecule has 1 aliphatic rings. The van der Waals surface area contributed by atoms with Crippen LogP contribution in [0.1, 0.15) is 19.3 Å². The summed E-state index contributed by atoms with van der Waals surface area (Å²) >= 11 is 12.5. The molecule has 0 saturated heterocycles. The molecule has 0 aliphatic heterocycles. The third-order valence-corrected chi connectivity index (χ3v) is 5.01. The molecule has 2 aromatic heterocycles. The van der Waals surface area contributed by atoms with E-state index in [0.717, 1.165) is 23.7 Å². The molecule has 0 radical (unpaired) electrons. The monoisotopic (exact) mass is 345 g/mol. The molecule has 1 aliphatic carbocycles. The average molecular weight is 346 g/mol. The number of nitrogens with one attached hydrogen (secondary N) is 1. The van der Waals surface area contributed by atoms with Crippen molar-refractivity contribution in [3.63, 3.8) is 0 Å². The SMILES string of the molecule is Clc1cccc(Cl)c1Nc1nccc2c1ccn2CCC1CC1. The lowest BCUT2D eigenvalue weighted by molar-refractivity contribution is 0.611. The molecule has 4 rings (SSSR count). The number of para-hydroxylation sites is 1. The van der Waals surface area contributed by atoms with Gasteiger partial charge in [0.25, 0.3) is 0 Å². The lowest BCUT2D eigenvalue weighted by Gasteiger charge is -2.11. The van der Waals surface area contributed by atoms with Gasteiger partial charge in [-0.3, -0.25) is 0 Å². The molecule has 3 nitrogen and oxygen atoms in total. The van der Waals surface area contributed by atoms with Gasteiger partial charge >= 0.3 is 0 Å². The van der Waals surface area contributed by atoms with Gasteiger partial charge in [-0.15, -0.1) is 0 Å². The number of pyridine rings is 1. The minimum absolute atomic E-state index is 0.587. The summed E-state index contributed by atoms with van der Waals surface area (Å²) in [5.74, 6) is 1.71. The standard InChI is InChI=1S/C18H17Cl2N3/c19-14-2-1-3-15(20)17(14)22-18-13-8-11-23(10-7-12-4-5-12)16(13)6-9-21-18/h1-3,6,8-9,11-12H,4-5,7,10H2,(H,21,22). The van der Waals surface area contributed by atoms with Gasteiger partial charge in [-0.05, 0) is 36.6 Å². The van der Waals surface area contributed by atoms with Crippen molar-refractivity contribution in [3.05, 3.63) is 52.8 Å². The molecule has 2 heterocycles. The Labute approximate surface area is 145 Å². The average Bonchev–Trinajstić information content (AvgIpc) is 3.28. The van der Waals surface area contributed by atoms with Gasteiger partial charge in [0.05, 0.1) is 21.2 Å². The number of aromatic nitrogens is 2. The highest BCUT2D eigenvalue weighted by Gasteiger charge is 2.21. The molecule has 0 amide bonds. The summed E-state index contributed by atoms with van der Waals surface area (Å²) in [7, 11) is 0. The van der Waals surface area contributed by atoms with Gasteiger partial charge in [0.2, 0.25) is 0 Å². The predicted octanol–water partition coefficient (Wildman–Crippen LogP) is 5.89. The van der Waals surface area contributed by atoms with Gasteiger partial charge in [-0.25, -0.2) is 4.98 Å². The summed E-state index contributed by atoms with van der Waals surface area (Å²) in [6.45, 7) is 1.06. The van der Waals surface area contributed by atoms with E-state index in [4.69, 9.17) is 23.2 Å². The summed E-state index contributed by atoms with van der Waals surface area (Å²) in [4.78, 5) is 4.46. The van der Waals surface area contributed by atoms with E-state index < -0.39 is 0 Å². The minimum atomic E-state index is 0.587. The number of benzene rings is 1. The molecule has 23 heavy (non-hydrogen) atoms. The smallest absolute Gasteiger partial charge is 0.139 e. The van der Waals surface area contributed by atoms with Crippen molar-refractivity contribution < 1.29 is 0 Å². The fourth-order valence-corrected chi connectivity index (χ4v) is 3.37. The first-order valence-electron chi connectivity index (χ1n) is 7.87. The van der Waals surface area contributed by atoms with E-state index >= 15 is 0 Å². The summed E-state index contributed by atoms with van der Waals surface area (Å²) in [6, 6.07) is 9.62. The Kier molecular flexibility index (Phi) is 3.92. The Hall–Kier alpha value is -1.71. The Morgan fingerprint density at radius 2 is 1.91 bits per heavy atom. The van der Waals surface area contributed by atoms with Gasteiger partial charge in [0, 0.05) is 24.3 Å². The maximum absolute atomic E-state index is 6.25. The van der Waals surface area contributed by atoms with Crippen LogP contribution >= 0.6 is 23.2 Å². The maximum Gasteiger partial charge on any atom is 0.139 e. The zero-order chi connectivity index (χ0) is 15.8. The Bertz CT molecular complexity index is 832. The van der Waals surface area contributed by atoms with Gasteiger partial charge in [-0.1, -0.05) is 42.1 Å². The largest absolute Gasteiger partial charge is 0.347 e. The van der Waals surface area contributed by atoms with Crippen molar-refractivity contribution >= 4 is 45.6 Å². The van der Waals surface area contributed by atoms with Crippen molar-refractivity contribution in [2.45, 2.75) is 25.8 Å². The van der Waals surface area contributed by atoms with Gasteiger partial charge in [-0.2, -0.15) is 0 Å². The molecule has 1 saturated carbocycles. The maximum atomic E-state index is 6.25. The van der Waals surface area contributed by atoms with Crippen LogP contribution in [0.25, 0.3) is 10.9 Å². The number of hydrogen-bond acceptors (Lipinski definition) is 2. The predicted molar refractivity (Wildman–Crippen MR) is 96.8 cm³/mol. The summed E-state index contributed by atoms with van der Waals surface area (Å²) in [5.41, 5.74) is 1.88. The second-order valence-electron chi connectivity index (χ2n) is 6.06. The Morgan fingerprint density at radius 3 is 2.65 bits per heavy atom. The second kappa shape index (κ2) is 6.06. The van der Waals surface area contributed by atoms with Crippen molar-refractivity contribution in [3.8, 4) is 0 Å². The van der Waals surface area contributed by atoms with Crippen molar-refractivity contribution in [1.29, 1.82) is 0 Å². The number of aryl methyl sites for hydroxylation is 1. The van der Waals surface area contributed by atoms with E-state index in [1.165, 1.54) is 24.8 Å². The van der Waals surface area contributed by atoms with E-state index in [1.54, 1.807) is 0 Å². The van der Waals surface area contributed by atoms with Gasteiger partial charge in [0.15, 0.2) is 0 Å². The quantitative estimate of drug-likeness (QED) is 0.624. The van der Waals surface area contributed by atoms with Crippen molar-refractivity contribution in [2.75, 3.05) is 5.32 Å². The number of anilines is 2. The summed E-state index contributed by atoms with van der Waals surface area (Å²) in [6.07, 6.45) is 7.99. The van der Waals surface area contributed by atoms with Crippen LogP contribution in [0.3, 0.4) is 0 Å². The third-order valence-electron chi connectivity index (χ3n) is 4.38. The molecule has 5 heteroatoms. The molecule has 1 fully saturated rings. The third kappa shape index (κ3) is 3.04. The Balaban J connectivity index is 1.67. The first-order valence-corrected chi connectivity index (χ1v) is 8.63. The highest BCUT2D eigenvalue weighted by Crippen LogP contribution is 2.35. The molecule has 0 bridgehead atoms. The molecular formula is C18H17Cl2N3. The number of nitrogens with zero attached hydrogens (tertiary/aromatic N) is 2. The highest BCUT2D eigenvalue weighted by molar-refractivity contribution is 6.39. The molecule has 0 unspecified atom stereocenters. The van der Waals surface area contributed by atoms with Crippen LogP contribution in [-0.2, 0) is 6.54 Å². The van der Waals surface area contributed by atoms with E-state index in [0.29, 0.717) is 15.7 Å². The summed E-state index contributed by atoms with van der Waals surface area (Å²) in [5, 5.41) is 5.54. The lowest BCUT2D eigenvalue weighted by Crippen LogP contribution is -1.99. The molecule has 0 spiro atoms. The van der Waals surface area contributed by atoms with Crippen molar-refractivity contribution in [2.24, 2.45) is 5.92 Å². The molecule has 3 aromatic rings.